The number of carbonyl (C=O) groups is 1. The van der Waals surface area contributed by atoms with Crippen molar-refractivity contribution in [1.82, 2.24) is 9.78 Å². The molecule has 148 valence electrons. The largest absolute Gasteiger partial charge is 0.486 e. The summed E-state index contributed by atoms with van der Waals surface area (Å²) in [7, 11) is 0. The van der Waals surface area contributed by atoms with Crippen molar-refractivity contribution >= 4 is 22.4 Å². The number of ether oxygens (including phenoxy) is 2. The predicted molar refractivity (Wildman–Crippen MR) is 109 cm³/mol. The molecule has 0 aliphatic heterocycles. The van der Waals surface area contributed by atoms with Gasteiger partial charge in [0.1, 0.15) is 24.8 Å². The molecule has 0 aliphatic rings. The Balaban J connectivity index is 1.34. The summed E-state index contributed by atoms with van der Waals surface area (Å²) in [6.07, 6.45) is 3.25. The topological polar surface area (TPSA) is 78.5 Å². The minimum Gasteiger partial charge on any atom is -0.486 e. The van der Waals surface area contributed by atoms with E-state index in [1.165, 1.54) is 0 Å². The van der Waals surface area contributed by atoms with Crippen molar-refractivity contribution < 1.29 is 18.7 Å². The lowest BCUT2D eigenvalue weighted by atomic mass is 10.1. The molecule has 7 heteroatoms. The molecule has 29 heavy (non-hydrogen) atoms. The van der Waals surface area contributed by atoms with E-state index in [1.807, 2.05) is 43.3 Å². The first kappa shape index (κ1) is 18.8. The van der Waals surface area contributed by atoms with E-state index in [1.54, 1.807) is 29.2 Å². The van der Waals surface area contributed by atoms with Crippen molar-refractivity contribution in [3.63, 3.8) is 0 Å². The van der Waals surface area contributed by atoms with Gasteiger partial charge in [0.2, 0.25) is 0 Å². The SMILES string of the molecule is CCOCn1cc(NC(=O)c2ccc(COc3ccc4ccccc4c3)o2)cn1. The average Bonchev–Trinajstić information content (AvgIpc) is 3.40. The highest BCUT2D eigenvalue weighted by Gasteiger charge is 2.13. The molecular weight excluding hydrogens is 370 g/mol. The molecule has 0 saturated heterocycles. The first-order chi connectivity index (χ1) is 14.2. The smallest absolute Gasteiger partial charge is 0.291 e. The number of benzene rings is 2. The van der Waals surface area contributed by atoms with Crippen molar-refractivity contribution in [2.24, 2.45) is 0 Å². The van der Waals surface area contributed by atoms with Gasteiger partial charge in [-0.2, -0.15) is 5.10 Å². The third-order valence-electron chi connectivity index (χ3n) is 4.31. The number of hydrogen-bond acceptors (Lipinski definition) is 5. The Hall–Kier alpha value is -3.58. The highest BCUT2D eigenvalue weighted by atomic mass is 16.5. The van der Waals surface area contributed by atoms with E-state index in [-0.39, 0.29) is 18.3 Å². The standard InChI is InChI=1S/C22H21N3O4/c1-2-27-15-25-13-18(12-23-25)24-22(26)21-10-9-20(29-21)14-28-19-8-7-16-5-3-4-6-17(16)11-19/h3-13H,2,14-15H2,1H3,(H,24,26). The Kier molecular flexibility index (Phi) is 5.58. The van der Waals surface area contributed by atoms with E-state index >= 15 is 0 Å². The number of hydrogen-bond donors (Lipinski definition) is 1. The van der Waals surface area contributed by atoms with Crippen molar-refractivity contribution in [2.45, 2.75) is 20.3 Å². The zero-order valence-electron chi connectivity index (χ0n) is 16.0. The minimum absolute atomic E-state index is 0.208. The number of nitrogens with one attached hydrogen (secondary N) is 1. The molecular formula is C22H21N3O4. The first-order valence-electron chi connectivity index (χ1n) is 9.33. The molecule has 2 aromatic heterocycles. The third kappa shape index (κ3) is 4.64. The van der Waals surface area contributed by atoms with Crippen LogP contribution in [0.4, 0.5) is 5.69 Å². The monoisotopic (exact) mass is 391 g/mol. The van der Waals surface area contributed by atoms with E-state index in [9.17, 15) is 4.79 Å². The molecule has 0 fully saturated rings. The Bertz CT molecular complexity index is 1120. The summed E-state index contributed by atoms with van der Waals surface area (Å²) in [5, 5.41) is 9.13. The van der Waals surface area contributed by atoms with Gasteiger partial charge in [-0.1, -0.05) is 30.3 Å². The van der Waals surface area contributed by atoms with E-state index in [2.05, 4.69) is 16.5 Å². The summed E-state index contributed by atoms with van der Waals surface area (Å²) in [5.74, 6) is 1.17. The van der Waals surface area contributed by atoms with Crippen LogP contribution in [-0.2, 0) is 18.1 Å². The maximum Gasteiger partial charge on any atom is 0.291 e. The molecule has 0 aliphatic carbocycles. The lowest BCUT2D eigenvalue weighted by Crippen LogP contribution is -2.10. The number of furan rings is 1. The van der Waals surface area contributed by atoms with Crippen LogP contribution in [0.25, 0.3) is 10.8 Å². The molecule has 1 amide bonds. The second-order valence-corrected chi connectivity index (χ2v) is 6.41. The van der Waals surface area contributed by atoms with E-state index in [0.29, 0.717) is 24.8 Å². The van der Waals surface area contributed by atoms with Gasteiger partial charge in [-0.05, 0) is 42.0 Å². The first-order valence-corrected chi connectivity index (χ1v) is 9.33. The van der Waals surface area contributed by atoms with Gasteiger partial charge in [0.05, 0.1) is 18.1 Å². The van der Waals surface area contributed by atoms with Gasteiger partial charge in [0.15, 0.2) is 5.76 Å². The molecule has 2 aromatic carbocycles. The van der Waals surface area contributed by atoms with Crippen molar-refractivity contribution in [3.05, 3.63) is 78.5 Å². The molecule has 1 N–H and O–H groups in total. The zero-order chi connectivity index (χ0) is 20.1. The Labute approximate surface area is 167 Å². The van der Waals surface area contributed by atoms with Crippen LogP contribution in [-0.4, -0.2) is 22.3 Å². The summed E-state index contributed by atoms with van der Waals surface area (Å²) < 4.78 is 18.3. The maximum absolute atomic E-state index is 12.4. The summed E-state index contributed by atoms with van der Waals surface area (Å²) in [5.41, 5.74) is 0.570. The number of amides is 1. The summed E-state index contributed by atoms with van der Waals surface area (Å²) >= 11 is 0. The van der Waals surface area contributed by atoms with Gasteiger partial charge >= 0.3 is 0 Å². The lowest BCUT2D eigenvalue weighted by Gasteiger charge is -2.06. The highest BCUT2D eigenvalue weighted by Crippen LogP contribution is 2.22. The predicted octanol–water partition coefficient (Wildman–Crippen LogP) is 4.45. The Morgan fingerprint density at radius 3 is 2.86 bits per heavy atom. The van der Waals surface area contributed by atoms with Gasteiger partial charge in [-0.3, -0.25) is 4.79 Å². The van der Waals surface area contributed by atoms with Crippen molar-refractivity contribution in [3.8, 4) is 5.75 Å². The summed E-state index contributed by atoms with van der Waals surface area (Å²) in [6, 6.07) is 17.3. The van der Waals surface area contributed by atoms with Gasteiger partial charge in [0.25, 0.3) is 5.91 Å². The minimum atomic E-state index is -0.349. The van der Waals surface area contributed by atoms with Crippen LogP contribution in [0.1, 0.15) is 23.2 Å². The Morgan fingerprint density at radius 2 is 2.00 bits per heavy atom. The molecule has 4 aromatic rings. The fourth-order valence-electron chi connectivity index (χ4n) is 2.87. The van der Waals surface area contributed by atoms with Crippen molar-refractivity contribution in [1.29, 1.82) is 0 Å². The maximum atomic E-state index is 12.4. The fraction of sp³-hybridized carbons (Fsp3) is 0.182. The van der Waals surface area contributed by atoms with Crippen LogP contribution < -0.4 is 10.1 Å². The van der Waals surface area contributed by atoms with Gasteiger partial charge < -0.3 is 19.2 Å². The second kappa shape index (κ2) is 8.62. The van der Waals surface area contributed by atoms with Crippen LogP contribution in [0.15, 0.2) is 71.4 Å². The number of carbonyl (C=O) groups excluding carboxylic acids is 1. The molecule has 0 spiro atoms. The second-order valence-electron chi connectivity index (χ2n) is 6.41. The lowest BCUT2D eigenvalue weighted by molar-refractivity contribution is 0.0792. The summed E-state index contributed by atoms with van der Waals surface area (Å²) in [4.78, 5) is 12.4. The normalized spacial score (nSPS) is 10.9. The van der Waals surface area contributed by atoms with Crippen LogP contribution >= 0.6 is 0 Å². The summed E-state index contributed by atoms with van der Waals surface area (Å²) in [6.45, 7) is 3.07. The third-order valence-corrected chi connectivity index (χ3v) is 4.31. The van der Waals surface area contributed by atoms with Gasteiger partial charge in [-0.25, -0.2) is 4.68 Å². The fourth-order valence-corrected chi connectivity index (χ4v) is 2.87. The zero-order valence-corrected chi connectivity index (χ0v) is 16.0. The van der Waals surface area contributed by atoms with Gasteiger partial charge in [0, 0.05) is 6.61 Å². The number of aromatic nitrogens is 2. The number of fused-ring (bicyclic) bond motifs is 1. The van der Waals surface area contributed by atoms with E-state index in [4.69, 9.17) is 13.9 Å². The number of rotatable bonds is 8. The molecule has 0 saturated carbocycles. The number of nitrogens with zero attached hydrogens (tertiary/aromatic N) is 2. The van der Waals surface area contributed by atoms with E-state index in [0.717, 1.165) is 16.5 Å². The number of anilines is 1. The van der Waals surface area contributed by atoms with Crippen LogP contribution in [0, 0.1) is 0 Å². The van der Waals surface area contributed by atoms with Crippen LogP contribution in [0.5, 0.6) is 5.75 Å². The molecule has 0 atom stereocenters. The van der Waals surface area contributed by atoms with Crippen LogP contribution in [0.3, 0.4) is 0 Å². The average molecular weight is 391 g/mol. The molecule has 0 bridgehead atoms. The quantitative estimate of drug-likeness (QED) is 0.480. The molecule has 0 radical (unpaired) electrons. The van der Waals surface area contributed by atoms with Crippen molar-refractivity contribution in [2.75, 3.05) is 11.9 Å². The van der Waals surface area contributed by atoms with Crippen LogP contribution in [0.2, 0.25) is 0 Å². The van der Waals surface area contributed by atoms with Gasteiger partial charge in [-0.15, -0.1) is 0 Å². The molecule has 4 rings (SSSR count). The molecule has 7 nitrogen and oxygen atoms in total. The molecule has 2 heterocycles. The van der Waals surface area contributed by atoms with E-state index < -0.39 is 0 Å². The Morgan fingerprint density at radius 1 is 1.14 bits per heavy atom. The highest BCUT2D eigenvalue weighted by molar-refractivity contribution is 6.02. The molecule has 0 unspecified atom stereocenters.